The van der Waals surface area contributed by atoms with Gasteiger partial charge in [-0.05, 0) is 6.07 Å². The molecule has 3 N–H and O–H groups in total. The molecule has 1 aromatic rings. The third-order valence-corrected chi connectivity index (χ3v) is 1.59. The van der Waals surface area contributed by atoms with Gasteiger partial charge in [0.25, 0.3) is 5.69 Å². The number of nitro groups is 1. The Morgan fingerprint density at radius 3 is 2.86 bits per heavy atom. The highest BCUT2D eigenvalue weighted by atomic mass is 16.6. The van der Waals surface area contributed by atoms with Crippen molar-refractivity contribution in [1.29, 1.82) is 0 Å². The summed E-state index contributed by atoms with van der Waals surface area (Å²) in [6.45, 7) is -0.104. The predicted molar refractivity (Wildman–Crippen MR) is 50.1 cm³/mol. The van der Waals surface area contributed by atoms with Crippen LogP contribution in [0.3, 0.4) is 0 Å². The Bertz CT molecular complexity index is 340. The van der Waals surface area contributed by atoms with Gasteiger partial charge in [0.1, 0.15) is 12.4 Å². The maximum absolute atomic E-state index is 10.5. The minimum atomic E-state index is -0.582. The molecule has 14 heavy (non-hydrogen) atoms. The number of aliphatic hydroxyl groups is 1. The molecular formula is C8H10N2O4. The van der Waals surface area contributed by atoms with Crippen molar-refractivity contribution in [3.8, 4) is 5.75 Å². The summed E-state index contributed by atoms with van der Waals surface area (Å²) in [7, 11) is 0. The normalized spacial score (nSPS) is 9.79. The molecule has 0 spiro atoms. The molecule has 1 rings (SSSR count). The number of anilines is 1. The van der Waals surface area contributed by atoms with Crippen LogP contribution in [-0.2, 0) is 0 Å². The average Bonchev–Trinajstić information content (AvgIpc) is 2.16. The van der Waals surface area contributed by atoms with Gasteiger partial charge in [-0.15, -0.1) is 0 Å². The molecule has 6 nitrogen and oxygen atoms in total. The largest absolute Gasteiger partial charge is 0.489 e. The Hall–Kier alpha value is -1.82. The van der Waals surface area contributed by atoms with Crippen LogP contribution in [0.25, 0.3) is 0 Å². The number of nitro benzene ring substituents is 1. The topological polar surface area (TPSA) is 98.6 Å². The van der Waals surface area contributed by atoms with E-state index in [1.807, 2.05) is 0 Å². The van der Waals surface area contributed by atoms with E-state index >= 15 is 0 Å². The summed E-state index contributed by atoms with van der Waals surface area (Å²) in [4.78, 5) is 9.89. The highest BCUT2D eigenvalue weighted by Crippen LogP contribution is 2.30. The van der Waals surface area contributed by atoms with E-state index in [1.54, 1.807) is 0 Å². The standard InChI is InChI=1S/C8H10N2O4/c9-8-6(10(12)13)2-1-3-7(8)14-5-4-11/h1-3,11H,4-5,9H2. The first-order chi connectivity index (χ1) is 6.66. The van der Waals surface area contributed by atoms with Crippen LogP contribution in [0, 0.1) is 10.1 Å². The Balaban J connectivity index is 2.95. The molecule has 0 radical (unpaired) electrons. The van der Waals surface area contributed by atoms with Gasteiger partial charge >= 0.3 is 0 Å². The summed E-state index contributed by atoms with van der Waals surface area (Å²) in [6, 6.07) is 4.28. The molecule has 0 aliphatic heterocycles. The van der Waals surface area contributed by atoms with Crippen molar-refractivity contribution in [2.24, 2.45) is 0 Å². The number of hydrogen-bond acceptors (Lipinski definition) is 5. The first-order valence-electron chi connectivity index (χ1n) is 3.93. The molecule has 0 saturated carbocycles. The van der Waals surface area contributed by atoms with Gasteiger partial charge in [-0.2, -0.15) is 0 Å². The molecule has 0 saturated heterocycles. The molecular weight excluding hydrogens is 188 g/mol. The second-order valence-corrected chi connectivity index (χ2v) is 2.52. The molecule has 0 aliphatic rings. The molecule has 0 atom stereocenters. The van der Waals surface area contributed by atoms with Crippen LogP contribution in [-0.4, -0.2) is 23.2 Å². The molecule has 0 heterocycles. The first kappa shape index (κ1) is 10.3. The van der Waals surface area contributed by atoms with Crippen LogP contribution in [0.5, 0.6) is 5.75 Å². The van der Waals surface area contributed by atoms with E-state index in [0.29, 0.717) is 0 Å². The lowest BCUT2D eigenvalue weighted by molar-refractivity contribution is -0.384. The number of rotatable bonds is 4. The van der Waals surface area contributed by atoms with Crippen LogP contribution in [0.15, 0.2) is 18.2 Å². The number of nitrogen functional groups attached to an aromatic ring is 1. The summed E-state index contributed by atoms with van der Waals surface area (Å²) in [6.07, 6.45) is 0. The maximum Gasteiger partial charge on any atom is 0.295 e. The van der Waals surface area contributed by atoms with Crippen LogP contribution < -0.4 is 10.5 Å². The fraction of sp³-hybridized carbons (Fsp3) is 0.250. The van der Waals surface area contributed by atoms with Crippen molar-refractivity contribution >= 4 is 11.4 Å². The molecule has 0 aliphatic carbocycles. The Labute approximate surface area is 80.1 Å². The molecule has 0 fully saturated rings. The lowest BCUT2D eigenvalue weighted by Crippen LogP contribution is -2.05. The number of ether oxygens (including phenoxy) is 1. The lowest BCUT2D eigenvalue weighted by atomic mass is 10.2. The second kappa shape index (κ2) is 4.43. The van der Waals surface area contributed by atoms with Crippen molar-refractivity contribution in [2.75, 3.05) is 18.9 Å². The van der Waals surface area contributed by atoms with Gasteiger partial charge in [-0.3, -0.25) is 10.1 Å². The van der Waals surface area contributed by atoms with Gasteiger partial charge in [0.15, 0.2) is 5.69 Å². The second-order valence-electron chi connectivity index (χ2n) is 2.52. The van der Waals surface area contributed by atoms with Crippen LogP contribution in [0.1, 0.15) is 0 Å². The van der Waals surface area contributed by atoms with Crippen LogP contribution in [0.4, 0.5) is 11.4 Å². The summed E-state index contributed by atoms with van der Waals surface area (Å²) < 4.78 is 5.00. The van der Waals surface area contributed by atoms with Gasteiger partial charge in [0.2, 0.25) is 0 Å². The molecule has 0 unspecified atom stereocenters. The van der Waals surface area contributed by atoms with Crippen molar-refractivity contribution in [1.82, 2.24) is 0 Å². The highest BCUT2D eigenvalue weighted by Gasteiger charge is 2.14. The van der Waals surface area contributed by atoms with Gasteiger partial charge in [0, 0.05) is 6.07 Å². The summed E-state index contributed by atoms with van der Waals surface area (Å²) in [5.74, 6) is 0.216. The van der Waals surface area contributed by atoms with Crippen LogP contribution in [0.2, 0.25) is 0 Å². The van der Waals surface area contributed by atoms with Gasteiger partial charge in [0.05, 0.1) is 11.5 Å². The van der Waals surface area contributed by atoms with Gasteiger partial charge < -0.3 is 15.6 Å². The number of para-hydroxylation sites is 1. The zero-order valence-corrected chi connectivity index (χ0v) is 7.34. The van der Waals surface area contributed by atoms with E-state index in [2.05, 4.69) is 0 Å². The van der Waals surface area contributed by atoms with E-state index in [0.717, 1.165) is 0 Å². The summed E-state index contributed by atoms with van der Waals surface area (Å²) >= 11 is 0. The maximum atomic E-state index is 10.5. The van der Waals surface area contributed by atoms with Crippen molar-refractivity contribution in [3.63, 3.8) is 0 Å². The Morgan fingerprint density at radius 2 is 2.29 bits per heavy atom. The molecule has 1 aromatic carbocycles. The minimum absolute atomic E-state index is 0.0223. The predicted octanol–water partition coefficient (Wildman–Crippen LogP) is 0.548. The minimum Gasteiger partial charge on any atom is -0.489 e. The van der Waals surface area contributed by atoms with Gasteiger partial charge in [-0.25, -0.2) is 0 Å². The average molecular weight is 198 g/mol. The van der Waals surface area contributed by atoms with E-state index < -0.39 is 4.92 Å². The number of nitrogens with zero attached hydrogens (tertiary/aromatic N) is 1. The zero-order valence-electron chi connectivity index (χ0n) is 7.34. The fourth-order valence-electron chi connectivity index (χ4n) is 0.973. The van der Waals surface area contributed by atoms with E-state index in [4.69, 9.17) is 15.6 Å². The zero-order chi connectivity index (χ0) is 10.6. The third-order valence-electron chi connectivity index (χ3n) is 1.59. The number of aliphatic hydroxyl groups excluding tert-OH is 1. The van der Waals surface area contributed by atoms with Crippen LogP contribution >= 0.6 is 0 Å². The molecule has 0 amide bonds. The third kappa shape index (κ3) is 2.11. The SMILES string of the molecule is Nc1c(OCCO)cccc1[N+](=O)[O-]. The fourth-order valence-corrected chi connectivity index (χ4v) is 0.973. The molecule has 0 aromatic heterocycles. The molecule has 6 heteroatoms. The number of benzene rings is 1. The summed E-state index contributed by atoms with van der Waals surface area (Å²) in [5.41, 5.74) is 5.26. The monoisotopic (exact) mass is 198 g/mol. The lowest BCUT2D eigenvalue weighted by Gasteiger charge is -2.06. The van der Waals surface area contributed by atoms with Gasteiger partial charge in [-0.1, -0.05) is 6.07 Å². The first-order valence-corrected chi connectivity index (χ1v) is 3.93. The Kier molecular flexibility index (Phi) is 3.24. The quantitative estimate of drug-likeness (QED) is 0.418. The Morgan fingerprint density at radius 1 is 1.57 bits per heavy atom. The van der Waals surface area contributed by atoms with E-state index in [1.165, 1.54) is 18.2 Å². The highest BCUT2D eigenvalue weighted by molar-refractivity contribution is 5.66. The molecule has 0 bridgehead atoms. The van der Waals surface area contributed by atoms with Crippen molar-refractivity contribution in [3.05, 3.63) is 28.3 Å². The number of nitrogens with two attached hydrogens (primary N) is 1. The van der Waals surface area contributed by atoms with Crippen molar-refractivity contribution < 1.29 is 14.8 Å². The van der Waals surface area contributed by atoms with E-state index in [9.17, 15) is 10.1 Å². The number of hydrogen-bond donors (Lipinski definition) is 2. The van der Waals surface area contributed by atoms with Crippen molar-refractivity contribution in [2.45, 2.75) is 0 Å². The molecule has 76 valence electrons. The van der Waals surface area contributed by atoms with E-state index in [-0.39, 0.29) is 30.3 Å². The summed E-state index contributed by atoms with van der Waals surface area (Å²) in [5, 5.41) is 19.0. The smallest absolute Gasteiger partial charge is 0.295 e.